The van der Waals surface area contributed by atoms with Gasteiger partial charge in [0.05, 0.1) is 11.1 Å². The summed E-state index contributed by atoms with van der Waals surface area (Å²) in [4.78, 5) is 0. The van der Waals surface area contributed by atoms with E-state index in [9.17, 15) is 0 Å². The minimum atomic E-state index is 0.809. The molecule has 1 N–H and O–H groups in total. The van der Waals surface area contributed by atoms with Crippen LogP contribution in [0.1, 0.15) is 32.6 Å². The number of nitrogens with one attached hydrogen (secondary N) is 1. The van der Waals surface area contributed by atoms with Crippen LogP contribution in [0.25, 0.3) is 0 Å². The first-order valence-electron chi connectivity index (χ1n) is 6.42. The van der Waals surface area contributed by atoms with Gasteiger partial charge in [0.1, 0.15) is 5.75 Å². The van der Waals surface area contributed by atoms with Crippen LogP contribution in [0.3, 0.4) is 0 Å². The fraction of sp³-hybridized carbons (Fsp3) is 0.571. The average molecular weight is 300 g/mol. The molecule has 1 rings (SSSR count). The standard InChI is InChI=1S/C14H22BrNO/c1-2-16-11-7-3-4-8-12-17-14-10-6-5-9-13(14)15/h5-6,9-10,16H,2-4,7-8,11-12H2,1H3. The second-order valence-electron chi connectivity index (χ2n) is 4.05. The third kappa shape index (κ3) is 6.69. The molecule has 0 aliphatic carbocycles. The van der Waals surface area contributed by atoms with E-state index in [2.05, 4.69) is 28.2 Å². The molecule has 0 fully saturated rings. The number of hydrogen-bond acceptors (Lipinski definition) is 2. The molecule has 0 bridgehead atoms. The van der Waals surface area contributed by atoms with E-state index in [4.69, 9.17) is 4.74 Å². The van der Waals surface area contributed by atoms with Gasteiger partial charge in [-0.2, -0.15) is 0 Å². The Kier molecular flexibility index (Phi) is 8.10. The molecule has 0 atom stereocenters. The first-order valence-corrected chi connectivity index (χ1v) is 7.22. The number of halogens is 1. The predicted octanol–water partition coefficient (Wildman–Crippen LogP) is 4.00. The topological polar surface area (TPSA) is 21.3 Å². The molecule has 0 amide bonds. The molecule has 0 aliphatic rings. The van der Waals surface area contributed by atoms with E-state index < -0.39 is 0 Å². The summed E-state index contributed by atoms with van der Waals surface area (Å²) >= 11 is 3.47. The Balaban J connectivity index is 1.99. The second-order valence-corrected chi connectivity index (χ2v) is 4.90. The van der Waals surface area contributed by atoms with Crippen molar-refractivity contribution >= 4 is 15.9 Å². The Bertz CT molecular complexity index is 304. The lowest BCUT2D eigenvalue weighted by atomic mass is 10.2. The van der Waals surface area contributed by atoms with Gasteiger partial charge in [0.2, 0.25) is 0 Å². The number of ether oxygens (including phenoxy) is 1. The van der Waals surface area contributed by atoms with Gasteiger partial charge in [-0.3, -0.25) is 0 Å². The molecule has 0 spiro atoms. The molecule has 0 aromatic heterocycles. The Morgan fingerprint density at radius 3 is 2.65 bits per heavy atom. The van der Waals surface area contributed by atoms with Crippen LogP contribution in [0, 0.1) is 0 Å². The number of unbranched alkanes of at least 4 members (excludes halogenated alkanes) is 3. The van der Waals surface area contributed by atoms with Gasteiger partial charge < -0.3 is 10.1 Å². The van der Waals surface area contributed by atoms with Crippen molar-refractivity contribution < 1.29 is 4.74 Å². The van der Waals surface area contributed by atoms with Crippen molar-refractivity contribution in [2.24, 2.45) is 0 Å². The third-order valence-corrected chi connectivity index (χ3v) is 3.25. The lowest BCUT2D eigenvalue weighted by molar-refractivity contribution is 0.303. The van der Waals surface area contributed by atoms with Gasteiger partial charge in [0.15, 0.2) is 0 Å². The minimum absolute atomic E-state index is 0.809. The molecule has 0 radical (unpaired) electrons. The van der Waals surface area contributed by atoms with Crippen LogP contribution in [0.2, 0.25) is 0 Å². The van der Waals surface area contributed by atoms with Gasteiger partial charge in [-0.15, -0.1) is 0 Å². The maximum Gasteiger partial charge on any atom is 0.133 e. The molecule has 0 unspecified atom stereocenters. The number of hydrogen-bond donors (Lipinski definition) is 1. The maximum atomic E-state index is 5.70. The van der Waals surface area contributed by atoms with Gasteiger partial charge in [0, 0.05) is 0 Å². The maximum absolute atomic E-state index is 5.70. The van der Waals surface area contributed by atoms with Crippen molar-refractivity contribution in [3.8, 4) is 5.75 Å². The summed E-state index contributed by atoms with van der Waals surface area (Å²) in [7, 11) is 0. The second kappa shape index (κ2) is 9.49. The number of benzene rings is 1. The molecular weight excluding hydrogens is 278 g/mol. The highest BCUT2D eigenvalue weighted by Crippen LogP contribution is 2.23. The minimum Gasteiger partial charge on any atom is -0.492 e. The fourth-order valence-electron chi connectivity index (χ4n) is 1.63. The summed E-state index contributed by atoms with van der Waals surface area (Å²) < 4.78 is 6.74. The Morgan fingerprint density at radius 1 is 1.12 bits per heavy atom. The SMILES string of the molecule is CCNCCCCCCOc1ccccc1Br. The van der Waals surface area contributed by atoms with Crippen LogP contribution < -0.4 is 10.1 Å². The molecule has 1 aromatic carbocycles. The van der Waals surface area contributed by atoms with E-state index in [1.54, 1.807) is 0 Å². The van der Waals surface area contributed by atoms with Gasteiger partial charge in [-0.25, -0.2) is 0 Å². The summed E-state index contributed by atoms with van der Waals surface area (Å²) in [6.07, 6.45) is 4.93. The van der Waals surface area contributed by atoms with Gasteiger partial charge in [-0.05, 0) is 54.0 Å². The van der Waals surface area contributed by atoms with Crippen molar-refractivity contribution in [3.63, 3.8) is 0 Å². The van der Waals surface area contributed by atoms with E-state index in [1.165, 1.54) is 19.3 Å². The Hall–Kier alpha value is -0.540. The van der Waals surface area contributed by atoms with Crippen LogP contribution >= 0.6 is 15.9 Å². The first-order chi connectivity index (χ1) is 8.34. The van der Waals surface area contributed by atoms with E-state index >= 15 is 0 Å². The lowest BCUT2D eigenvalue weighted by Gasteiger charge is -2.07. The van der Waals surface area contributed by atoms with Crippen LogP contribution in [0.5, 0.6) is 5.75 Å². The van der Waals surface area contributed by atoms with E-state index in [-0.39, 0.29) is 0 Å². The zero-order valence-electron chi connectivity index (χ0n) is 10.5. The smallest absolute Gasteiger partial charge is 0.133 e. The Labute approximate surface area is 113 Å². The van der Waals surface area contributed by atoms with E-state index in [0.29, 0.717) is 0 Å². The number of rotatable bonds is 9. The summed E-state index contributed by atoms with van der Waals surface area (Å²) in [6.45, 7) is 5.17. The van der Waals surface area contributed by atoms with Gasteiger partial charge >= 0.3 is 0 Å². The summed E-state index contributed by atoms with van der Waals surface area (Å²) in [5.41, 5.74) is 0. The van der Waals surface area contributed by atoms with Crippen molar-refractivity contribution in [3.05, 3.63) is 28.7 Å². The van der Waals surface area contributed by atoms with Gasteiger partial charge in [0.25, 0.3) is 0 Å². The third-order valence-electron chi connectivity index (χ3n) is 2.59. The molecule has 3 heteroatoms. The van der Waals surface area contributed by atoms with E-state index in [0.717, 1.165) is 36.3 Å². The molecule has 0 heterocycles. The average Bonchev–Trinajstić information content (AvgIpc) is 2.35. The summed E-state index contributed by atoms with van der Waals surface area (Å²) in [5.74, 6) is 0.945. The fourth-order valence-corrected chi connectivity index (χ4v) is 2.03. The summed E-state index contributed by atoms with van der Waals surface area (Å²) in [6, 6.07) is 8.00. The number of para-hydroxylation sites is 1. The van der Waals surface area contributed by atoms with Crippen LogP contribution in [-0.2, 0) is 0 Å². The molecule has 0 saturated carbocycles. The zero-order valence-corrected chi connectivity index (χ0v) is 12.1. The molecule has 96 valence electrons. The largest absolute Gasteiger partial charge is 0.492 e. The highest BCUT2D eigenvalue weighted by molar-refractivity contribution is 9.10. The Morgan fingerprint density at radius 2 is 1.88 bits per heavy atom. The lowest BCUT2D eigenvalue weighted by Crippen LogP contribution is -2.13. The molecule has 0 aliphatic heterocycles. The predicted molar refractivity (Wildman–Crippen MR) is 76.6 cm³/mol. The summed E-state index contributed by atoms with van der Waals surface area (Å²) in [5, 5.41) is 3.34. The zero-order chi connectivity index (χ0) is 12.3. The molecular formula is C14H22BrNO. The van der Waals surface area contributed by atoms with E-state index in [1.807, 2.05) is 24.3 Å². The van der Waals surface area contributed by atoms with Crippen LogP contribution in [0.4, 0.5) is 0 Å². The van der Waals surface area contributed by atoms with Crippen LogP contribution in [0.15, 0.2) is 28.7 Å². The first kappa shape index (κ1) is 14.5. The van der Waals surface area contributed by atoms with Crippen molar-refractivity contribution in [2.45, 2.75) is 32.6 Å². The highest BCUT2D eigenvalue weighted by atomic mass is 79.9. The highest BCUT2D eigenvalue weighted by Gasteiger charge is 1.98. The van der Waals surface area contributed by atoms with Crippen molar-refractivity contribution in [1.29, 1.82) is 0 Å². The van der Waals surface area contributed by atoms with Crippen molar-refractivity contribution in [1.82, 2.24) is 5.32 Å². The van der Waals surface area contributed by atoms with Crippen LogP contribution in [-0.4, -0.2) is 19.7 Å². The van der Waals surface area contributed by atoms with Crippen molar-refractivity contribution in [2.75, 3.05) is 19.7 Å². The monoisotopic (exact) mass is 299 g/mol. The molecule has 17 heavy (non-hydrogen) atoms. The van der Waals surface area contributed by atoms with Gasteiger partial charge in [-0.1, -0.05) is 31.9 Å². The molecule has 0 saturated heterocycles. The quantitative estimate of drug-likeness (QED) is 0.696. The normalized spacial score (nSPS) is 10.5. The molecule has 1 aromatic rings. The molecule has 2 nitrogen and oxygen atoms in total.